The minimum atomic E-state index is -0.227. The molecular formula is C14H17N3O2. The van der Waals surface area contributed by atoms with Crippen molar-refractivity contribution in [3.05, 3.63) is 29.3 Å². The number of likely N-dealkylation sites (tertiary alicyclic amines) is 1. The highest BCUT2D eigenvalue weighted by molar-refractivity contribution is 5.77. The summed E-state index contributed by atoms with van der Waals surface area (Å²) in [4.78, 5) is 13.3. The minimum Gasteiger partial charge on any atom is -0.495 e. The van der Waals surface area contributed by atoms with Crippen molar-refractivity contribution in [1.29, 1.82) is 5.26 Å². The molecule has 1 aliphatic rings. The van der Waals surface area contributed by atoms with Crippen LogP contribution in [-0.2, 0) is 11.3 Å². The first-order chi connectivity index (χ1) is 9.13. The second-order valence-electron chi connectivity index (χ2n) is 4.77. The Balaban J connectivity index is 2.05. The maximum absolute atomic E-state index is 11.1. The standard InChI is InChI=1S/C14H17N3O2/c1-19-13-3-2-10(6-12(13)7-15)8-17-5-4-11(9-17)14(16)18/h2-3,6,11H,4-5,8-9H2,1H3,(H2,16,18). The summed E-state index contributed by atoms with van der Waals surface area (Å²) in [5.41, 5.74) is 6.89. The van der Waals surface area contributed by atoms with Gasteiger partial charge in [-0.05, 0) is 30.7 Å². The van der Waals surface area contributed by atoms with Gasteiger partial charge < -0.3 is 10.5 Å². The zero-order valence-corrected chi connectivity index (χ0v) is 10.9. The molecule has 100 valence electrons. The molecule has 0 bridgehead atoms. The molecule has 1 aromatic rings. The van der Waals surface area contributed by atoms with Gasteiger partial charge in [0.25, 0.3) is 0 Å². The Hall–Kier alpha value is -2.06. The number of hydrogen-bond donors (Lipinski definition) is 1. The summed E-state index contributed by atoms with van der Waals surface area (Å²) in [5, 5.41) is 9.04. The number of amides is 1. The molecule has 1 aliphatic heterocycles. The van der Waals surface area contributed by atoms with Crippen molar-refractivity contribution in [1.82, 2.24) is 4.90 Å². The van der Waals surface area contributed by atoms with E-state index in [0.717, 1.165) is 25.1 Å². The Morgan fingerprint density at radius 2 is 2.42 bits per heavy atom. The second-order valence-corrected chi connectivity index (χ2v) is 4.77. The number of nitrogens with zero attached hydrogens (tertiary/aromatic N) is 2. The van der Waals surface area contributed by atoms with Gasteiger partial charge >= 0.3 is 0 Å². The first-order valence-electron chi connectivity index (χ1n) is 6.22. The number of ether oxygens (including phenoxy) is 1. The highest BCUT2D eigenvalue weighted by atomic mass is 16.5. The van der Waals surface area contributed by atoms with Crippen LogP contribution < -0.4 is 10.5 Å². The number of rotatable bonds is 4. The number of hydrogen-bond acceptors (Lipinski definition) is 4. The Bertz CT molecular complexity index is 522. The smallest absolute Gasteiger partial charge is 0.221 e. The molecule has 5 heteroatoms. The molecule has 0 spiro atoms. The van der Waals surface area contributed by atoms with E-state index in [1.807, 2.05) is 12.1 Å². The van der Waals surface area contributed by atoms with E-state index in [4.69, 9.17) is 15.7 Å². The molecule has 2 N–H and O–H groups in total. The molecule has 5 nitrogen and oxygen atoms in total. The third-order valence-corrected chi connectivity index (χ3v) is 3.47. The Morgan fingerprint density at radius 3 is 3.00 bits per heavy atom. The molecule has 0 saturated carbocycles. The average Bonchev–Trinajstić information content (AvgIpc) is 2.87. The van der Waals surface area contributed by atoms with E-state index in [1.54, 1.807) is 13.2 Å². The number of nitrogens with two attached hydrogens (primary N) is 1. The normalized spacial score (nSPS) is 19.1. The lowest BCUT2D eigenvalue weighted by Crippen LogP contribution is -2.27. The van der Waals surface area contributed by atoms with Crippen LogP contribution in [0.25, 0.3) is 0 Å². The van der Waals surface area contributed by atoms with E-state index in [-0.39, 0.29) is 11.8 Å². The fourth-order valence-electron chi connectivity index (χ4n) is 2.41. The SMILES string of the molecule is COc1ccc(CN2CCC(C(N)=O)C2)cc1C#N. The van der Waals surface area contributed by atoms with Gasteiger partial charge in [0.2, 0.25) is 5.91 Å². The molecule has 0 aromatic heterocycles. The van der Waals surface area contributed by atoms with Gasteiger partial charge in [0.05, 0.1) is 18.6 Å². The van der Waals surface area contributed by atoms with E-state index >= 15 is 0 Å². The van der Waals surface area contributed by atoms with E-state index in [1.165, 1.54) is 0 Å². The summed E-state index contributed by atoms with van der Waals surface area (Å²) in [6.45, 7) is 2.28. The van der Waals surface area contributed by atoms with Gasteiger partial charge in [-0.1, -0.05) is 6.07 Å². The van der Waals surface area contributed by atoms with Gasteiger partial charge in [0.1, 0.15) is 11.8 Å². The molecule has 2 rings (SSSR count). The van der Waals surface area contributed by atoms with Gasteiger partial charge in [-0.25, -0.2) is 0 Å². The van der Waals surface area contributed by atoms with Crippen LogP contribution in [0.4, 0.5) is 0 Å². The number of primary amides is 1. The predicted molar refractivity (Wildman–Crippen MR) is 70.3 cm³/mol. The quantitative estimate of drug-likeness (QED) is 0.870. The fraction of sp³-hybridized carbons (Fsp3) is 0.429. The van der Waals surface area contributed by atoms with Crippen LogP contribution >= 0.6 is 0 Å². The van der Waals surface area contributed by atoms with Gasteiger partial charge in [0.15, 0.2) is 0 Å². The summed E-state index contributed by atoms with van der Waals surface area (Å²) < 4.78 is 5.11. The zero-order chi connectivity index (χ0) is 13.8. The first-order valence-corrected chi connectivity index (χ1v) is 6.22. The van der Waals surface area contributed by atoms with Crippen molar-refractivity contribution >= 4 is 5.91 Å². The number of carbonyl (C=O) groups excluding carboxylic acids is 1. The first kappa shape index (κ1) is 13.4. The van der Waals surface area contributed by atoms with E-state index < -0.39 is 0 Å². The average molecular weight is 259 g/mol. The minimum absolute atomic E-state index is 0.0475. The number of methoxy groups -OCH3 is 1. The molecule has 1 heterocycles. The number of benzene rings is 1. The van der Waals surface area contributed by atoms with Crippen LogP contribution in [0.3, 0.4) is 0 Å². The summed E-state index contributed by atoms with van der Waals surface area (Å²) in [7, 11) is 1.55. The molecule has 1 atom stereocenters. The molecule has 1 unspecified atom stereocenters. The van der Waals surface area contributed by atoms with Crippen LogP contribution in [0.2, 0.25) is 0 Å². The summed E-state index contributed by atoms with van der Waals surface area (Å²) in [5.74, 6) is 0.311. The summed E-state index contributed by atoms with van der Waals surface area (Å²) in [6, 6.07) is 7.69. The van der Waals surface area contributed by atoms with Crippen LogP contribution in [-0.4, -0.2) is 31.0 Å². The van der Waals surface area contributed by atoms with Crippen molar-refractivity contribution < 1.29 is 9.53 Å². The lowest BCUT2D eigenvalue weighted by Gasteiger charge is -2.16. The highest BCUT2D eigenvalue weighted by Crippen LogP contribution is 2.22. The lowest BCUT2D eigenvalue weighted by molar-refractivity contribution is -0.121. The number of nitriles is 1. The zero-order valence-electron chi connectivity index (χ0n) is 10.9. The molecule has 19 heavy (non-hydrogen) atoms. The highest BCUT2D eigenvalue weighted by Gasteiger charge is 2.26. The van der Waals surface area contributed by atoms with Crippen molar-refractivity contribution in [3.8, 4) is 11.8 Å². The van der Waals surface area contributed by atoms with Crippen molar-refractivity contribution in [2.24, 2.45) is 11.7 Å². The summed E-state index contributed by atoms with van der Waals surface area (Å²) >= 11 is 0. The topological polar surface area (TPSA) is 79.3 Å². The van der Waals surface area contributed by atoms with E-state index in [9.17, 15) is 4.79 Å². The molecule has 1 saturated heterocycles. The molecule has 1 aromatic carbocycles. The third kappa shape index (κ3) is 3.04. The molecule has 0 radical (unpaired) electrons. The maximum Gasteiger partial charge on any atom is 0.221 e. The lowest BCUT2D eigenvalue weighted by atomic mass is 10.1. The summed E-state index contributed by atoms with van der Waals surface area (Å²) in [6.07, 6.45) is 0.816. The Labute approximate surface area is 112 Å². The Morgan fingerprint density at radius 1 is 1.63 bits per heavy atom. The molecule has 0 aliphatic carbocycles. The third-order valence-electron chi connectivity index (χ3n) is 3.47. The fourth-order valence-corrected chi connectivity index (χ4v) is 2.41. The predicted octanol–water partition coefficient (Wildman–Crippen LogP) is 0.874. The van der Waals surface area contributed by atoms with Crippen LogP contribution in [0.5, 0.6) is 5.75 Å². The van der Waals surface area contributed by atoms with Crippen LogP contribution in [0.1, 0.15) is 17.5 Å². The van der Waals surface area contributed by atoms with Gasteiger partial charge in [0, 0.05) is 13.1 Å². The van der Waals surface area contributed by atoms with Crippen molar-refractivity contribution in [2.75, 3.05) is 20.2 Å². The monoisotopic (exact) mass is 259 g/mol. The van der Waals surface area contributed by atoms with Crippen LogP contribution in [0, 0.1) is 17.2 Å². The number of carbonyl (C=O) groups is 1. The molecule has 1 fully saturated rings. The maximum atomic E-state index is 11.1. The van der Waals surface area contributed by atoms with Crippen molar-refractivity contribution in [3.63, 3.8) is 0 Å². The largest absolute Gasteiger partial charge is 0.495 e. The van der Waals surface area contributed by atoms with E-state index in [0.29, 0.717) is 17.9 Å². The van der Waals surface area contributed by atoms with E-state index in [2.05, 4.69) is 11.0 Å². The van der Waals surface area contributed by atoms with Crippen LogP contribution in [0.15, 0.2) is 18.2 Å². The van der Waals surface area contributed by atoms with Gasteiger partial charge in [-0.3, -0.25) is 9.69 Å². The second kappa shape index (κ2) is 5.72. The van der Waals surface area contributed by atoms with Gasteiger partial charge in [-0.2, -0.15) is 5.26 Å². The Kier molecular flexibility index (Phi) is 4.03. The molecule has 1 amide bonds. The molecular weight excluding hydrogens is 242 g/mol. The van der Waals surface area contributed by atoms with Gasteiger partial charge in [-0.15, -0.1) is 0 Å². The van der Waals surface area contributed by atoms with Crippen molar-refractivity contribution in [2.45, 2.75) is 13.0 Å².